The van der Waals surface area contributed by atoms with Gasteiger partial charge in [-0.2, -0.15) is 4.98 Å². The quantitative estimate of drug-likeness (QED) is 0.846. The minimum Gasteiger partial charge on any atom is -0.423 e. The van der Waals surface area contributed by atoms with E-state index in [9.17, 15) is 0 Å². The second-order valence-corrected chi connectivity index (χ2v) is 5.85. The van der Waals surface area contributed by atoms with Crippen LogP contribution in [0.2, 0.25) is 0 Å². The van der Waals surface area contributed by atoms with Gasteiger partial charge in [-0.15, -0.1) is 0 Å². The lowest BCUT2D eigenvalue weighted by Crippen LogP contribution is -2.51. The fourth-order valence-corrected chi connectivity index (χ4v) is 3.36. The number of aromatic nitrogens is 1. The van der Waals surface area contributed by atoms with E-state index in [1.54, 1.807) is 0 Å². The maximum Gasteiger partial charge on any atom is 0.298 e. The number of benzene rings is 1. The van der Waals surface area contributed by atoms with Crippen LogP contribution in [0.1, 0.15) is 12.8 Å². The van der Waals surface area contributed by atoms with Crippen LogP contribution in [0.15, 0.2) is 28.7 Å². The van der Waals surface area contributed by atoms with Gasteiger partial charge in [-0.1, -0.05) is 12.1 Å². The summed E-state index contributed by atoms with van der Waals surface area (Å²) in [7, 11) is 0. The van der Waals surface area contributed by atoms with Gasteiger partial charge in [-0.05, 0) is 25.0 Å². The van der Waals surface area contributed by atoms with E-state index in [2.05, 4.69) is 14.8 Å². The molecule has 0 aliphatic carbocycles. The maximum absolute atomic E-state index is 5.91. The molecule has 2 aliphatic heterocycles. The number of para-hydroxylation sites is 2. The second kappa shape index (κ2) is 5.66. The Kier molecular flexibility index (Phi) is 3.53. The van der Waals surface area contributed by atoms with Crippen LogP contribution in [-0.2, 0) is 4.74 Å². The van der Waals surface area contributed by atoms with Gasteiger partial charge in [0, 0.05) is 32.2 Å². The van der Waals surface area contributed by atoms with Crippen LogP contribution >= 0.6 is 0 Å². The lowest BCUT2D eigenvalue weighted by Gasteiger charge is -2.40. The SMILES string of the molecule is c1ccc2oc(N3CCC[C@@H](N4CCOCC4)C3)nc2c1. The van der Waals surface area contributed by atoms with Crippen molar-refractivity contribution in [2.24, 2.45) is 0 Å². The molecular weight excluding hydrogens is 266 g/mol. The van der Waals surface area contributed by atoms with Gasteiger partial charge < -0.3 is 14.1 Å². The molecule has 0 spiro atoms. The van der Waals surface area contributed by atoms with Crippen molar-refractivity contribution < 1.29 is 9.15 Å². The van der Waals surface area contributed by atoms with Gasteiger partial charge in [0.1, 0.15) is 5.52 Å². The van der Waals surface area contributed by atoms with Crippen LogP contribution in [-0.4, -0.2) is 55.3 Å². The Morgan fingerprint density at radius 1 is 1.10 bits per heavy atom. The highest BCUT2D eigenvalue weighted by molar-refractivity contribution is 5.74. The Balaban J connectivity index is 1.51. The van der Waals surface area contributed by atoms with Crippen molar-refractivity contribution in [3.05, 3.63) is 24.3 Å². The molecule has 4 rings (SSSR count). The smallest absolute Gasteiger partial charge is 0.298 e. The van der Waals surface area contributed by atoms with Gasteiger partial charge in [0.15, 0.2) is 5.58 Å². The Labute approximate surface area is 124 Å². The zero-order valence-electron chi connectivity index (χ0n) is 12.2. The molecule has 3 heterocycles. The molecule has 112 valence electrons. The number of ether oxygens (including phenoxy) is 1. The van der Waals surface area contributed by atoms with Crippen molar-refractivity contribution in [3.63, 3.8) is 0 Å². The van der Waals surface area contributed by atoms with E-state index in [1.807, 2.05) is 24.3 Å². The van der Waals surface area contributed by atoms with E-state index in [1.165, 1.54) is 12.8 Å². The van der Waals surface area contributed by atoms with Crippen molar-refractivity contribution >= 4 is 17.1 Å². The maximum atomic E-state index is 5.91. The summed E-state index contributed by atoms with van der Waals surface area (Å²) < 4.78 is 11.4. The molecule has 2 aliphatic rings. The van der Waals surface area contributed by atoms with E-state index < -0.39 is 0 Å². The lowest BCUT2D eigenvalue weighted by atomic mass is 10.0. The molecule has 1 aromatic carbocycles. The van der Waals surface area contributed by atoms with Crippen LogP contribution < -0.4 is 4.90 Å². The van der Waals surface area contributed by atoms with Gasteiger partial charge in [0.25, 0.3) is 6.01 Å². The second-order valence-electron chi connectivity index (χ2n) is 5.85. The molecule has 21 heavy (non-hydrogen) atoms. The molecular formula is C16H21N3O2. The number of nitrogens with zero attached hydrogens (tertiary/aromatic N) is 3. The van der Waals surface area contributed by atoms with E-state index in [4.69, 9.17) is 9.15 Å². The molecule has 1 atom stereocenters. The topological polar surface area (TPSA) is 41.7 Å². The summed E-state index contributed by atoms with van der Waals surface area (Å²) in [6.45, 7) is 5.86. The summed E-state index contributed by atoms with van der Waals surface area (Å²) in [4.78, 5) is 9.48. The molecule has 5 nitrogen and oxygen atoms in total. The largest absolute Gasteiger partial charge is 0.423 e. The third kappa shape index (κ3) is 2.63. The summed E-state index contributed by atoms with van der Waals surface area (Å²) in [5, 5.41) is 0. The van der Waals surface area contributed by atoms with Gasteiger partial charge in [0.05, 0.1) is 13.2 Å². The molecule has 2 fully saturated rings. The number of hydrogen-bond acceptors (Lipinski definition) is 5. The Hall–Kier alpha value is -1.59. The first-order valence-corrected chi connectivity index (χ1v) is 7.82. The number of morpholine rings is 1. The zero-order valence-corrected chi connectivity index (χ0v) is 12.2. The number of piperidine rings is 1. The Bertz CT molecular complexity index is 573. The van der Waals surface area contributed by atoms with Gasteiger partial charge in [-0.25, -0.2) is 0 Å². The zero-order chi connectivity index (χ0) is 14.1. The monoisotopic (exact) mass is 287 g/mol. The minimum atomic E-state index is 0.595. The molecule has 5 heteroatoms. The number of rotatable bonds is 2. The third-order valence-corrected chi connectivity index (χ3v) is 4.51. The van der Waals surface area contributed by atoms with Crippen molar-refractivity contribution in [2.45, 2.75) is 18.9 Å². The number of hydrogen-bond donors (Lipinski definition) is 0. The fourth-order valence-electron chi connectivity index (χ4n) is 3.36. The summed E-state index contributed by atoms with van der Waals surface area (Å²) in [5.41, 5.74) is 1.82. The number of oxazole rings is 1. The van der Waals surface area contributed by atoms with E-state index in [0.29, 0.717) is 6.04 Å². The predicted octanol–water partition coefficient (Wildman–Crippen LogP) is 2.13. The average Bonchev–Trinajstić information content (AvgIpc) is 3.00. The van der Waals surface area contributed by atoms with Gasteiger partial charge >= 0.3 is 0 Å². The molecule has 0 N–H and O–H groups in total. The van der Waals surface area contributed by atoms with Crippen molar-refractivity contribution in [2.75, 3.05) is 44.3 Å². The van der Waals surface area contributed by atoms with Crippen LogP contribution in [0.5, 0.6) is 0 Å². The van der Waals surface area contributed by atoms with Crippen molar-refractivity contribution in [3.8, 4) is 0 Å². The molecule has 0 unspecified atom stereocenters. The first-order valence-electron chi connectivity index (χ1n) is 7.82. The molecule has 2 aromatic rings. The summed E-state index contributed by atoms with van der Waals surface area (Å²) in [5.74, 6) is 0. The summed E-state index contributed by atoms with van der Waals surface area (Å²) >= 11 is 0. The van der Waals surface area contributed by atoms with Gasteiger partial charge in [-0.3, -0.25) is 4.90 Å². The molecule has 0 amide bonds. The first-order chi connectivity index (χ1) is 10.4. The van der Waals surface area contributed by atoms with E-state index in [-0.39, 0.29) is 0 Å². The van der Waals surface area contributed by atoms with Crippen LogP contribution in [0.4, 0.5) is 6.01 Å². The predicted molar refractivity (Wildman–Crippen MR) is 81.6 cm³/mol. The average molecular weight is 287 g/mol. The standard InChI is InChI=1S/C16H21N3O2/c1-2-6-15-14(5-1)17-16(21-15)19-7-3-4-13(12-19)18-8-10-20-11-9-18/h1-2,5-6,13H,3-4,7-12H2/t13-/m1/s1. The Morgan fingerprint density at radius 2 is 1.95 bits per heavy atom. The summed E-state index contributed by atoms with van der Waals surface area (Å²) in [6.07, 6.45) is 2.46. The Morgan fingerprint density at radius 3 is 2.81 bits per heavy atom. The van der Waals surface area contributed by atoms with Crippen molar-refractivity contribution in [1.29, 1.82) is 0 Å². The van der Waals surface area contributed by atoms with E-state index in [0.717, 1.165) is 56.5 Å². The normalized spacial score (nSPS) is 24.6. The third-order valence-electron chi connectivity index (χ3n) is 4.51. The highest BCUT2D eigenvalue weighted by Crippen LogP contribution is 2.26. The van der Waals surface area contributed by atoms with Crippen molar-refractivity contribution in [1.82, 2.24) is 9.88 Å². The number of fused-ring (bicyclic) bond motifs is 1. The fraction of sp³-hybridized carbons (Fsp3) is 0.562. The highest BCUT2D eigenvalue weighted by Gasteiger charge is 2.28. The van der Waals surface area contributed by atoms with Crippen LogP contribution in [0.3, 0.4) is 0 Å². The highest BCUT2D eigenvalue weighted by atomic mass is 16.5. The molecule has 1 aromatic heterocycles. The molecule has 2 saturated heterocycles. The first kappa shape index (κ1) is 13.1. The molecule has 0 saturated carbocycles. The van der Waals surface area contributed by atoms with Crippen LogP contribution in [0, 0.1) is 0 Å². The lowest BCUT2D eigenvalue weighted by molar-refractivity contribution is 0.0135. The number of anilines is 1. The molecule has 0 bridgehead atoms. The van der Waals surface area contributed by atoms with Crippen LogP contribution in [0.25, 0.3) is 11.1 Å². The van der Waals surface area contributed by atoms with E-state index >= 15 is 0 Å². The van der Waals surface area contributed by atoms with Gasteiger partial charge in [0.2, 0.25) is 0 Å². The summed E-state index contributed by atoms with van der Waals surface area (Å²) in [6, 6.07) is 9.35. The molecule has 0 radical (unpaired) electrons. The minimum absolute atomic E-state index is 0.595.